The number of carbonyl (C=O) groups is 2. The van der Waals surface area contributed by atoms with Crippen molar-refractivity contribution in [2.24, 2.45) is 40.4 Å². The van der Waals surface area contributed by atoms with Gasteiger partial charge in [-0.1, -0.05) is 20.8 Å². The van der Waals surface area contributed by atoms with Crippen LogP contribution in [0.2, 0.25) is 0 Å². The maximum atomic E-state index is 13.8. The summed E-state index contributed by atoms with van der Waals surface area (Å²) in [7, 11) is 0. The molecule has 1 spiro atoms. The number of rotatable bonds is 2. The van der Waals surface area contributed by atoms with E-state index >= 15 is 0 Å². The van der Waals surface area contributed by atoms with Crippen LogP contribution in [0.3, 0.4) is 0 Å². The Labute approximate surface area is 156 Å². The fourth-order valence-electron chi connectivity index (χ4n) is 8.64. The molecule has 6 aliphatic rings. The molecular formula is C22H31O4-. The van der Waals surface area contributed by atoms with Crippen LogP contribution >= 0.6 is 0 Å². The van der Waals surface area contributed by atoms with Crippen molar-refractivity contribution >= 4 is 11.8 Å². The minimum absolute atomic E-state index is 0.0128. The van der Waals surface area contributed by atoms with Crippen LogP contribution in [0.5, 0.6) is 0 Å². The Morgan fingerprint density at radius 3 is 2.62 bits per heavy atom. The van der Waals surface area contributed by atoms with E-state index in [1.807, 2.05) is 0 Å². The lowest BCUT2D eigenvalue weighted by molar-refractivity contribution is -0.317. The van der Waals surface area contributed by atoms with Gasteiger partial charge >= 0.3 is 0 Å². The molecule has 26 heavy (non-hydrogen) atoms. The molecule has 6 rings (SSSR count). The molecule has 4 bridgehead atoms. The lowest BCUT2D eigenvalue weighted by atomic mass is 9.40. The zero-order chi connectivity index (χ0) is 18.5. The molecule has 4 saturated carbocycles. The molecule has 6 fully saturated rings. The van der Waals surface area contributed by atoms with Gasteiger partial charge in [0.15, 0.2) is 5.78 Å². The molecule has 2 saturated heterocycles. The Hall–Kier alpha value is -0.900. The standard InChI is InChI=1S/C22H32O4/c1-12(19(24)25)15-6-7-16-17-5-4-13-10-14-8-9-21(13,3)22(17,26-14)18(23)11-20(15,16)2/h12-17H,4-11H2,1-3H3,(H,24,25)/p-1/t12-,13+,14+,15-,16+,17-,20+,21-,22-/m0/s1. The van der Waals surface area contributed by atoms with Crippen LogP contribution in [-0.2, 0) is 14.3 Å². The number of hydrogen-bond acceptors (Lipinski definition) is 4. The summed E-state index contributed by atoms with van der Waals surface area (Å²) < 4.78 is 6.68. The summed E-state index contributed by atoms with van der Waals surface area (Å²) in [4.78, 5) is 25.3. The third kappa shape index (κ3) is 1.76. The number of aliphatic carboxylic acids is 1. The summed E-state index contributed by atoms with van der Waals surface area (Å²) in [6.45, 7) is 6.30. The van der Waals surface area contributed by atoms with Gasteiger partial charge in [-0.3, -0.25) is 4.79 Å². The highest BCUT2D eigenvalue weighted by Gasteiger charge is 2.74. The van der Waals surface area contributed by atoms with E-state index in [9.17, 15) is 14.7 Å². The van der Waals surface area contributed by atoms with Crippen LogP contribution in [0.4, 0.5) is 0 Å². The van der Waals surface area contributed by atoms with Crippen molar-refractivity contribution in [2.75, 3.05) is 0 Å². The molecule has 0 aromatic heterocycles. The van der Waals surface area contributed by atoms with E-state index in [1.54, 1.807) is 6.92 Å². The lowest BCUT2D eigenvalue weighted by Crippen LogP contribution is -2.75. The van der Waals surface area contributed by atoms with E-state index in [2.05, 4.69) is 13.8 Å². The van der Waals surface area contributed by atoms with E-state index < -0.39 is 17.5 Å². The highest BCUT2D eigenvalue weighted by Crippen LogP contribution is 2.72. The monoisotopic (exact) mass is 359 g/mol. The van der Waals surface area contributed by atoms with Crippen LogP contribution in [0.1, 0.15) is 72.1 Å². The van der Waals surface area contributed by atoms with Gasteiger partial charge < -0.3 is 14.6 Å². The van der Waals surface area contributed by atoms with Gasteiger partial charge in [-0.05, 0) is 80.0 Å². The molecule has 0 amide bonds. The smallest absolute Gasteiger partial charge is 0.166 e. The second-order valence-electron chi connectivity index (χ2n) is 10.6. The van der Waals surface area contributed by atoms with Crippen molar-refractivity contribution in [1.29, 1.82) is 0 Å². The molecule has 0 aromatic carbocycles. The molecule has 0 unspecified atom stereocenters. The lowest BCUT2D eigenvalue weighted by Gasteiger charge is -2.70. The highest BCUT2D eigenvalue weighted by molar-refractivity contribution is 5.91. The zero-order valence-corrected chi connectivity index (χ0v) is 16.3. The number of carbonyl (C=O) groups excluding carboxylic acids is 2. The van der Waals surface area contributed by atoms with Crippen LogP contribution in [-0.4, -0.2) is 23.5 Å². The molecule has 4 heteroatoms. The Kier molecular flexibility index (Phi) is 3.39. The number of ketones is 1. The van der Waals surface area contributed by atoms with Crippen LogP contribution < -0.4 is 5.11 Å². The van der Waals surface area contributed by atoms with Gasteiger partial charge in [-0.15, -0.1) is 0 Å². The maximum Gasteiger partial charge on any atom is 0.166 e. The second kappa shape index (κ2) is 5.12. The van der Waals surface area contributed by atoms with E-state index in [4.69, 9.17) is 4.74 Å². The Morgan fingerprint density at radius 2 is 1.88 bits per heavy atom. The summed E-state index contributed by atoms with van der Waals surface area (Å²) in [5, 5.41) is 11.6. The van der Waals surface area contributed by atoms with Crippen molar-refractivity contribution in [3.8, 4) is 0 Å². The molecule has 0 N–H and O–H groups in total. The Morgan fingerprint density at radius 1 is 1.15 bits per heavy atom. The number of fused-ring (bicyclic) bond motifs is 3. The highest BCUT2D eigenvalue weighted by atomic mass is 16.5. The first-order chi connectivity index (χ1) is 12.2. The number of ether oxygens (including phenoxy) is 1. The number of carboxylic acids is 1. The van der Waals surface area contributed by atoms with Gasteiger partial charge in [0.1, 0.15) is 5.60 Å². The SMILES string of the molecule is C[C@H](C(=O)[O-])[C@@H]1CC[C@@H]2[C@@H]3CC[C@@H]4C[C@H]5CC[C@]4(C)[C@@]3(O5)C(=O)C[C@@]21C. The predicted molar refractivity (Wildman–Crippen MR) is 93.9 cm³/mol. The van der Waals surface area contributed by atoms with Gasteiger partial charge in [0.25, 0.3) is 0 Å². The van der Waals surface area contributed by atoms with Crippen LogP contribution in [0.15, 0.2) is 0 Å². The van der Waals surface area contributed by atoms with Crippen LogP contribution in [0.25, 0.3) is 0 Å². The molecule has 9 atom stereocenters. The Bertz CT molecular complexity index is 673. The van der Waals surface area contributed by atoms with E-state index in [1.165, 1.54) is 6.42 Å². The maximum absolute atomic E-state index is 13.8. The first kappa shape index (κ1) is 17.2. The van der Waals surface area contributed by atoms with Gasteiger partial charge in [-0.25, -0.2) is 0 Å². The van der Waals surface area contributed by atoms with Crippen molar-refractivity contribution in [3.05, 3.63) is 0 Å². The molecule has 144 valence electrons. The topological polar surface area (TPSA) is 66.4 Å². The van der Waals surface area contributed by atoms with Gasteiger partial charge in [0, 0.05) is 17.8 Å². The largest absolute Gasteiger partial charge is 0.550 e. The number of carboxylic acid groups (broad SMARTS) is 1. The Balaban J connectivity index is 1.58. The molecular weight excluding hydrogens is 328 g/mol. The van der Waals surface area contributed by atoms with Crippen molar-refractivity contribution in [2.45, 2.75) is 83.8 Å². The normalized spacial score (nSPS) is 56.0. The van der Waals surface area contributed by atoms with Crippen molar-refractivity contribution in [3.63, 3.8) is 0 Å². The first-order valence-corrected chi connectivity index (χ1v) is 10.7. The van der Waals surface area contributed by atoms with E-state index in [0.29, 0.717) is 18.3 Å². The van der Waals surface area contributed by atoms with Gasteiger partial charge in [0.2, 0.25) is 0 Å². The summed E-state index contributed by atoms with van der Waals surface area (Å²) in [5.74, 6) is 0.191. The molecule has 2 aliphatic heterocycles. The molecule has 0 aromatic rings. The molecule has 4 nitrogen and oxygen atoms in total. The average molecular weight is 359 g/mol. The summed E-state index contributed by atoms with van der Waals surface area (Å²) >= 11 is 0. The van der Waals surface area contributed by atoms with Gasteiger partial charge in [0.05, 0.1) is 6.10 Å². The minimum Gasteiger partial charge on any atom is -0.550 e. The predicted octanol–water partition coefficient (Wildman–Crippen LogP) is 2.73. The fourth-order valence-corrected chi connectivity index (χ4v) is 8.64. The summed E-state index contributed by atoms with van der Waals surface area (Å²) in [6.07, 6.45) is 8.32. The quantitative estimate of drug-likeness (QED) is 0.760. The second-order valence-corrected chi connectivity index (χ2v) is 10.6. The average Bonchev–Trinajstić information content (AvgIpc) is 2.90. The molecule has 2 heterocycles. The molecule has 4 aliphatic carbocycles. The van der Waals surface area contributed by atoms with E-state index in [0.717, 1.165) is 38.5 Å². The fraction of sp³-hybridized carbons (Fsp3) is 0.909. The van der Waals surface area contributed by atoms with E-state index in [-0.39, 0.29) is 34.6 Å². The van der Waals surface area contributed by atoms with Crippen LogP contribution in [0, 0.1) is 40.4 Å². The van der Waals surface area contributed by atoms with Crippen molar-refractivity contribution in [1.82, 2.24) is 0 Å². The number of Topliss-reactive ketones (excluding diaryl/α,β-unsaturated/α-hetero) is 1. The third-order valence-electron chi connectivity index (χ3n) is 9.88. The zero-order valence-electron chi connectivity index (χ0n) is 16.3. The first-order valence-electron chi connectivity index (χ1n) is 10.7. The third-order valence-corrected chi connectivity index (χ3v) is 9.88. The summed E-state index contributed by atoms with van der Waals surface area (Å²) in [5.41, 5.74) is -0.808. The summed E-state index contributed by atoms with van der Waals surface area (Å²) in [6, 6.07) is 0. The molecule has 0 radical (unpaired) electrons. The van der Waals surface area contributed by atoms with Crippen molar-refractivity contribution < 1.29 is 19.4 Å². The number of hydrogen-bond donors (Lipinski definition) is 0. The minimum atomic E-state index is -0.965. The van der Waals surface area contributed by atoms with Gasteiger partial charge in [-0.2, -0.15) is 0 Å².